The minimum atomic E-state index is -4.47. The number of fused-ring (bicyclic) bond motifs is 2. The number of nitrogens with zero attached hydrogens (tertiary/aromatic N) is 2. The van der Waals surface area contributed by atoms with Crippen LogP contribution in [0.4, 0.5) is 30.4 Å². The van der Waals surface area contributed by atoms with Gasteiger partial charge in [0.2, 0.25) is 0 Å². The number of carbonyl (C=O) groups is 2. The molecular formula is C19H20F3N5O3. The zero-order valence-corrected chi connectivity index (χ0v) is 16.2. The van der Waals surface area contributed by atoms with Crippen molar-refractivity contribution < 1.29 is 27.5 Å². The standard InChI is InChI=1S/C19H20F3N5O3/c1-3-10-7-15(19(20,21)22)27-16(23-10)8-13(26-27)18(29)24-11-4-5-14-12(6-11)25-17(28)9(2)30-14/h4-6,8-10,15,23H,3,7H2,1-2H3,(H,24,29)(H,25,28)/t9-,10+,15+/m0/s1. The smallest absolute Gasteiger partial charge is 0.410 e. The first-order chi connectivity index (χ1) is 14.2. The number of alkyl halides is 3. The summed E-state index contributed by atoms with van der Waals surface area (Å²) in [5, 5.41) is 12.2. The fraction of sp³-hybridized carbons (Fsp3) is 0.421. The van der Waals surface area contributed by atoms with Crippen molar-refractivity contribution in [3.63, 3.8) is 0 Å². The Bertz CT molecular complexity index is 1000. The van der Waals surface area contributed by atoms with Crippen LogP contribution in [-0.2, 0) is 4.79 Å². The third-order valence-electron chi connectivity index (χ3n) is 5.16. The summed E-state index contributed by atoms with van der Waals surface area (Å²) in [5.74, 6) is -0.368. The Labute approximate surface area is 169 Å². The van der Waals surface area contributed by atoms with Crippen molar-refractivity contribution in [2.75, 3.05) is 16.0 Å². The molecule has 2 amide bonds. The van der Waals surface area contributed by atoms with Crippen LogP contribution in [-0.4, -0.2) is 39.9 Å². The molecule has 4 rings (SSSR count). The third kappa shape index (κ3) is 3.66. The zero-order valence-electron chi connectivity index (χ0n) is 16.2. The molecule has 0 aliphatic carbocycles. The van der Waals surface area contributed by atoms with Gasteiger partial charge in [0.1, 0.15) is 11.6 Å². The molecule has 3 atom stereocenters. The summed E-state index contributed by atoms with van der Waals surface area (Å²) in [5.41, 5.74) is 0.592. The lowest BCUT2D eigenvalue weighted by atomic mass is 10.0. The van der Waals surface area contributed by atoms with Crippen molar-refractivity contribution in [2.45, 2.75) is 51.1 Å². The molecule has 2 aromatic rings. The van der Waals surface area contributed by atoms with Crippen LogP contribution in [0, 0.1) is 0 Å². The van der Waals surface area contributed by atoms with Gasteiger partial charge in [0, 0.05) is 17.8 Å². The van der Waals surface area contributed by atoms with E-state index in [-0.39, 0.29) is 29.9 Å². The van der Waals surface area contributed by atoms with Gasteiger partial charge in [-0.05, 0) is 38.0 Å². The maximum atomic E-state index is 13.5. The molecule has 1 aromatic heterocycles. The van der Waals surface area contributed by atoms with Gasteiger partial charge in [0.05, 0.1) is 5.69 Å². The summed E-state index contributed by atoms with van der Waals surface area (Å²) in [6, 6.07) is 3.83. The average Bonchev–Trinajstić information content (AvgIpc) is 3.11. The van der Waals surface area contributed by atoms with E-state index in [4.69, 9.17) is 4.74 Å². The highest BCUT2D eigenvalue weighted by atomic mass is 19.4. The molecule has 0 saturated carbocycles. The summed E-state index contributed by atoms with van der Waals surface area (Å²) in [4.78, 5) is 24.4. The minimum Gasteiger partial charge on any atom is -0.479 e. The number of amides is 2. The lowest BCUT2D eigenvalue weighted by molar-refractivity contribution is -0.173. The van der Waals surface area contributed by atoms with Crippen LogP contribution < -0.4 is 20.7 Å². The molecule has 2 aliphatic rings. The first kappa shape index (κ1) is 20.0. The van der Waals surface area contributed by atoms with Gasteiger partial charge in [-0.2, -0.15) is 18.3 Å². The van der Waals surface area contributed by atoms with Gasteiger partial charge in [0.25, 0.3) is 11.8 Å². The Balaban J connectivity index is 1.56. The van der Waals surface area contributed by atoms with Gasteiger partial charge < -0.3 is 20.7 Å². The second-order valence-corrected chi connectivity index (χ2v) is 7.32. The molecule has 3 N–H and O–H groups in total. The second kappa shape index (κ2) is 7.22. The monoisotopic (exact) mass is 423 g/mol. The number of aromatic nitrogens is 2. The number of carbonyl (C=O) groups excluding carboxylic acids is 2. The molecule has 0 unspecified atom stereocenters. The first-order valence-electron chi connectivity index (χ1n) is 9.51. The predicted octanol–water partition coefficient (Wildman–Crippen LogP) is 3.55. The topological polar surface area (TPSA) is 97.3 Å². The van der Waals surface area contributed by atoms with Crippen LogP contribution in [0.1, 0.15) is 43.2 Å². The first-order valence-corrected chi connectivity index (χ1v) is 9.51. The molecule has 160 valence electrons. The highest BCUT2D eigenvalue weighted by Crippen LogP contribution is 2.40. The van der Waals surface area contributed by atoms with E-state index in [0.29, 0.717) is 23.5 Å². The Hall–Kier alpha value is -3.24. The number of ether oxygens (including phenoxy) is 1. The normalized spacial score (nSPS) is 22.8. The van der Waals surface area contributed by atoms with Crippen molar-refractivity contribution in [2.24, 2.45) is 0 Å². The molecule has 0 fully saturated rings. The largest absolute Gasteiger partial charge is 0.479 e. The second-order valence-electron chi connectivity index (χ2n) is 7.32. The van der Waals surface area contributed by atoms with Crippen LogP contribution in [0.3, 0.4) is 0 Å². The van der Waals surface area contributed by atoms with Crippen molar-refractivity contribution in [3.05, 3.63) is 30.0 Å². The molecule has 0 saturated heterocycles. The summed E-state index contributed by atoms with van der Waals surface area (Å²) in [6.45, 7) is 3.41. The summed E-state index contributed by atoms with van der Waals surface area (Å²) < 4.78 is 46.7. The molecule has 0 spiro atoms. The lowest BCUT2D eigenvalue weighted by Crippen LogP contribution is -2.38. The van der Waals surface area contributed by atoms with Crippen molar-refractivity contribution in [3.8, 4) is 5.75 Å². The van der Waals surface area contributed by atoms with Gasteiger partial charge in [-0.25, -0.2) is 4.68 Å². The van der Waals surface area contributed by atoms with Crippen molar-refractivity contribution in [1.29, 1.82) is 0 Å². The zero-order chi connectivity index (χ0) is 21.6. The molecule has 2 aliphatic heterocycles. The quantitative estimate of drug-likeness (QED) is 0.702. The van der Waals surface area contributed by atoms with Crippen LogP contribution in [0.25, 0.3) is 0 Å². The van der Waals surface area contributed by atoms with E-state index in [1.807, 2.05) is 0 Å². The number of rotatable bonds is 3. The Morgan fingerprint density at radius 3 is 2.83 bits per heavy atom. The van der Waals surface area contributed by atoms with Crippen LogP contribution in [0.15, 0.2) is 24.3 Å². The van der Waals surface area contributed by atoms with E-state index in [2.05, 4.69) is 21.0 Å². The number of hydrogen-bond donors (Lipinski definition) is 3. The van der Waals surface area contributed by atoms with Gasteiger partial charge in [-0.3, -0.25) is 9.59 Å². The van der Waals surface area contributed by atoms with Crippen LogP contribution >= 0.6 is 0 Å². The number of nitrogens with one attached hydrogen (secondary N) is 3. The molecule has 3 heterocycles. The third-order valence-corrected chi connectivity index (χ3v) is 5.16. The van der Waals surface area contributed by atoms with Gasteiger partial charge in [-0.15, -0.1) is 0 Å². The highest BCUT2D eigenvalue weighted by molar-refractivity contribution is 6.04. The number of hydrogen-bond acceptors (Lipinski definition) is 5. The van der Waals surface area contributed by atoms with E-state index in [9.17, 15) is 22.8 Å². The number of anilines is 3. The fourth-order valence-electron chi connectivity index (χ4n) is 3.51. The summed E-state index contributed by atoms with van der Waals surface area (Å²) in [6.07, 6.45) is -4.74. The Morgan fingerprint density at radius 1 is 1.37 bits per heavy atom. The SMILES string of the molecule is CC[C@@H]1C[C@H](C(F)(F)F)n2nc(C(=O)Nc3ccc4c(c3)NC(=O)[C@H](C)O4)cc2N1. The van der Waals surface area contributed by atoms with Crippen LogP contribution in [0.2, 0.25) is 0 Å². The molecule has 1 aromatic carbocycles. The van der Waals surface area contributed by atoms with E-state index < -0.39 is 24.2 Å². The van der Waals surface area contributed by atoms with E-state index in [1.165, 1.54) is 12.1 Å². The number of halogens is 3. The molecule has 11 heteroatoms. The molecule has 0 bridgehead atoms. The van der Waals surface area contributed by atoms with Gasteiger partial charge in [-0.1, -0.05) is 6.92 Å². The van der Waals surface area contributed by atoms with Crippen molar-refractivity contribution in [1.82, 2.24) is 9.78 Å². The lowest BCUT2D eigenvalue weighted by Gasteiger charge is -2.32. The maximum Gasteiger partial charge on any atom is 0.410 e. The fourth-order valence-corrected chi connectivity index (χ4v) is 3.51. The van der Waals surface area contributed by atoms with E-state index in [1.54, 1.807) is 26.0 Å². The molecule has 30 heavy (non-hydrogen) atoms. The highest BCUT2D eigenvalue weighted by Gasteiger charge is 2.46. The summed E-state index contributed by atoms with van der Waals surface area (Å²) in [7, 11) is 0. The average molecular weight is 423 g/mol. The van der Waals surface area contributed by atoms with Gasteiger partial charge in [0.15, 0.2) is 17.8 Å². The maximum absolute atomic E-state index is 13.5. The Kier molecular flexibility index (Phi) is 4.83. The molecule has 0 radical (unpaired) electrons. The molecule has 8 nitrogen and oxygen atoms in total. The Morgan fingerprint density at radius 2 is 2.13 bits per heavy atom. The predicted molar refractivity (Wildman–Crippen MR) is 103 cm³/mol. The van der Waals surface area contributed by atoms with Crippen molar-refractivity contribution >= 4 is 29.0 Å². The van der Waals surface area contributed by atoms with E-state index in [0.717, 1.165) is 4.68 Å². The summed E-state index contributed by atoms with van der Waals surface area (Å²) >= 11 is 0. The number of benzene rings is 1. The van der Waals surface area contributed by atoms with E-state index >= 15 is 0 Å². The van der Waals surface area contributed by atoms with Gasteiger partial charge >= 0.3 is 6.18 Å². The van der Waals surface area contributed by atoms with Crippen LogP contribution in [0.5, 0.6) is 5.75 Å². The minimum absolute atomic E-state index is 0.143. The molecular weight excluding hydrogens is 403 g/mol.